The molecule has 2 heteroatoms. The van der Waals surface area contributed by atoms with Gasteiger partial charge in [0.25, 0.3) is 0 Å². The van der Waals surface area contributed by atoms with Crippen LogP contribution in [0, 0.1) is 0 Å². The Kier molecular flexibility index (Phi) is 3.91. The lowest BCUT2D eigenvalue weighted by atomic mass is 10.2. The summed E-state index contributed by atoms with van der Waals surface area (Å²) in [5, 5.41) is 9.83. The first kappa shape index (κ1) is 9.92. The van der Waals surface area contributed by atoms with Crippen LogP contribution in [0.5, 0.6) is 0 Å². The van der Waals surface area contributed by atoms with Crippen molar-refractivity contribution < 1.29 is 9.85 Å². The Labute approximate surface area is 64.0 Å². The number of rotatable bonds is 4. The number of hydrogen-bond acceptors (Lipinski definition) is 1. The molecule has 0 aliphatic heterocycles. The maximum atomic E-state index is 9.83. The minimum Gasteiger partial charge on any atom is -0.217 e. The average Bonchev–Trinajstić information content (AvgIpc) is 2.01. The second-order valence-electron chi connectivity index (χ2n) is 2.88. The largest absolute Gasteiger partial charge is 0.217 e. The van der Waals surface area contributed by atoms with Crippen LogP contribution in [0.15, 0.2) is 0 Å². The van der Waals surface area contributed by atoms with Gasteiger partial charge in [0, 0.05) is 0 Å². The quantitative estimate of drug-likeness (QED) is 0.475. The predicted octanol–water partition coefficient (Wildman–Crippen LogP) is 2.03. The van der Waals surface area contributed by atoms with E-state index >= 15 is 0 Å². The van der Waals surface area contributed by atoms with Crippen molar-refractivity contribution in [2.24, 2.45) is 0 Å². The van der Waals surface area contributed by atoms with Crippen molar-refractivity contribution in [1.29, 1.82) is 0 Å². The molecule has 2 nitrogen and oxygen atoms in total. The Morgan fingerprint density at radius 1 is 1.20 bits per heavy atom. The molecule has 0 saturated heterocycles. The number of quaternary nitrogens is 1. The molecule has 0 bridgehead atoms. The van der Waals surface area contributed by atoms with Crippen LogP contribution in [0.3, 0.4) is 0 Å². The highest BCUT2D eigenvalue weighted by atomic mass is 16.5. The molecule has 10 heavy (non-hydrogen) atoms. The van der Waals surface area contributed by atoms with Crippen molar-refractivity contribution in [1.82, 2.24) is 0 Å². The molecule has 0 fully saturated rings. The third-order valence-corrected chi connectivity index (χ3v) is 2.51. The summed E-state index contributed by atoms with van der Waals surface area (Å²) in [6.45, 7) is 9.87. The Morgan fingerprint density at radius 3 is 1.70 bits per heavy atom. The van der Waals surface area contributed by atoms with E-state index in [9.17, 15) is 5.21 Å². The Hall–Kier alpha value is -0.0800. The topological polar surface area (TPSA) is 20.2 Å². The molecule has 0 aromatic rings. The van der Waals surface area contributed by atoms with E-state index in [0.717, 1.165) is 19.5 Å². The molecule has 1 N–H and O–H groups in total. The Morgan fingerprint density at radius 2 is 1.60 bits per heavy atom. The second-order valence-corrected chi connectivity index (χ2v) is 2.88. The zero-order chi connectivity index (χ0) is 8.20. The maximum Gasteiger partial charge on any atom is 0.116 e. The number of hydrogen-bond donors (Lipinski definition) is 1. The van der Waals surface area contributed by atoms with Crippen molar-refractivity contribution in [3.05, 3.63) is 0 Å². The van der Waals surface area contributed by atoms with Gasteiger partial charge >= 0.3 is 0 Å². The summed E-state index contributed by atoms with van der Waals surface area (Å²) in [7, 11) is 0. The minimum absolute atomic E-state index is 0.219. The molecular formula is C8H20NO+. The van der Waals surface area contributed by atoms with Gasteiger partial charge in [-0.2, -0.15) is 4.65 Å². The monoisotopic (exact) mass is 146 g/mol. The van der Waals surface area contributed by atoms with Crippen LogP contribution in [-0.2, 0) is 0 Å². The van der Waals surface area contributed by atoms with Crippen LogP contribution >= 0.6 is 0 Å². The summed E-state index contributed by atoms with van der Waals surface area (Å²) in [5.41, 5.74) is 0. The van der Waals surface area contributed by atoms with Gasteiger partial charge in [-0.3, -0.25) is 0 Å². The lowest BCUT2D eigenvalue weighted by molar-refractivity contribution is -1.12. The molecule has 0 aromatic carbocycles. The first-order valence-electron chi connectivity index (χ1n) is 4.20. The van der Waals surface area contributed by atoms with Gasteiger partial charge < -0.3 is 0 Å². The molecule has 0 amide bonds. The van der Waals surface area contributed by atoms with Gasteiger partial charge in [-0.1, -0.05) is 6.92 Å². The highest BCUT2D eigenvalue weighted by Crippen LogP contribution is 2.11. The van der Waals surface area contributed by atoms with Gasteiger partial charge in [-0.15, -0.1) is 0 Å². The van der Waals surface area contributed by atoms with Crippen molar-refractivity contribution in [3.8, 4) is 0 Å². The number of nitrogens with zero attached hydrogens (tertiary/aromatic N) is 1. The first-order chi connectivity index (χ1) is 4.60. The molecule has 0 rings (SSSR count). The van der Waals surface area contributed by atoms with E-state index in [1.807, 2.05) is 13.8 Å². The van der Waals surface area contributed by atoms with Crippen LogP contribution in [0.2, 0.25) is 0 Å². The lowest BCUT2D eigenvalue weighted by Gasteiger charge is -2.33. The summed E-state index contributed by atoms with van der Waals surface area (Å²) in [6.07, 6.45) is 1.04. The SMILES string of the molecule is CCC(C)[N+](O)(CC)CC. The third kappa shape index (κ3) is 1.96. The highest BCUT2D eigenvalue weighted by Gasteiger charge is 2.26. The molecule has 1 atom stereocenters. The van der Waals surface area contributed by atoms with Crippen molar-refractivity contribution in [2.45, 2.75) is 40.2 Å². The van der Waals surface area contributed by atoms with E-state index in [1.54, 1.807) is 0 Å². The van der Waals surface area contributed by atoms with E-state index in [0.29, 0.717) is 6.04 Å². The molecule has 0 radical (unpaired) electrons. The molecule has 1 unspecified atom stereocenters. The van der Waals surface area contributed by atoms with E-state index in [2.05, 4.69) is 13.8 Å². The van der Waals surface area contributed by atoms with Crippen LogP contribution < -0.4 is 0 Å². The van der Waals surface area contributed by atoms with Gasteiger partial charge in [0.1, 0.15) is 19.1 Å². The fraction of sp³-hybridized carbons (Fsp3) is 1.00. The van der Waals surface area contributed by atoms with Gasteiger partial charge in [0.05, 0.1) is 0 Å². The highest BCUT2D eigenvalue weighted by molar-refractivity contribution is 4.43. The molecule has 0 spiro atoms. The fourth-order valence-electron chi connectivity index (χ4n) is 1.19. The normalized spacial score (nSPS) is 15.3. The average molecular weight is 146 g/mol. The summed E-state index contributed by atoms with van der Waals surface area (Å²) in [4.78, 5) is 0. The summed E-state index contributed by atoms with van der Waals surface area (Å²) in [6, 6.07) is 0.370. The molecule has 62 valence electrons. The smallest absolute Gasteiger partial charge is 0.116 e. The maximum absolute atomic E-state index is 9.83. The first-order valence-corrected chi connectivity index (χ1v) is 4.20. The van der Waals surface area contributed by atoms with Gasteiger partial charge in [0.2, 0.25) is 0 Å². The van der Waals surface area contributed by atoms with Crippen LogP contribution in [0.1, 0.15) is 34.1 Å². The number of hydroxylamine groups is 3. The van der Waals surface area contributed by atoms with Crippen molar-refractivity contribution >= 4 is 0 Å². The molecular weight excluding hydrogens is 126 g/mol. The summed E-state index contributed by atoms with van der Waals surface area (Å²) in [5.74, 6) is 0. The van der Waals surface area contributed by atoms with E-state index in [1.165, 1.54) is 0 Å². The predicted molar refractivity (Wildman–Crippen MR) is 42.9 cm³/mol. The molecule has 0 aliphatic rings. The zero-order valence-corrected chi connectivity index (χ0v) is 7.59. The lowest BCUT2D eigenvalue weighted by Crippen LogP contribution is -2.50. The fourth-order valence-corrected chi connectivity index (χ4v) is 1.19. The minimum atomic E-state index is 0.219. The zero-order valence-electron chi connectivity index (χ0n) is 7.59. The van der Waals surface area contributed by atoms with Gasteiger partial charge in [-0.05, 0) is 27.2 Å². The van der Waals surface area contributed by atoms with Crippen LogP contribution in [-0.4, -0.2) is 29.0 Å². The van der Waals surface area contributed by atoms with E-state index < -0.39 is 0 Å². The molecule has 0 saturated carbocycles. The standard InChI is InChI=1S/C8H20NO/c1-5-8(4)9(10,6-2)7-3/h8,10H,5-7H2,1-4H3/q+1. The Balaban J connectivity index is 4.02. The van der Waals surface area contributed by atoms with Gasteiger partial charge in [-0.25, -0.2) is 5.21 Å². The molecule has 0 aromatic heterocycles. The van der Waals surface area contributed by atoms with E-state index in [-0.39, 0.29) is 4.65 Å². The molecule has 0 aliphatic carbocycles. The summed E-state index contributed by atoms with van der Waals surface area (Å²) >= 11 is 0. The summed E-state index contributed by atoms with van der Waals surface area (Å²) < 4.78 is 0.219. The van der Waals surface area contributed by atoms with Crippen molar-refractivity contribution in [3.63, 3.8) is 0 Å². The Bertz CT molecular complexity index is 89.3. The van der Waals surface area contributed by atoms with Gasteiger partial charge in [0.15, 0.2) is 0 Å². The van der Waals surface area contributed by atoms with Crippen molar-refractivity contribution in [2.75, 3.05) is 13.1 Å². The van der Waals surface area contributed by atoms with E-state index in [4.69, 9.17) is 0 Å². The van der Waals surface area contributed by atoms with Crippen LogP contribution in [0.25, 0.3) is 0 Å². The third-order valence-electron chi connectivity index (χ3n) is 2.51. The second kappa shape index (κ2) is 3.94. The molecule has 0 heterocycles. The van der Waals surface area contributed by atoms with Crippen LogP contribution in [0.4, 0.5) is 0 Å².